The van der Waals surface area contributed by atoms with Crippen molar-refractivity contribution in [2.45, 2.75) is 117 Å². The molecule has 0 saturated heterocycles. The summed E-state index contributed by atoms with van der Waals surface area (Å²) in [5, 5.41) is 0. The molecule has 0 nitrogen and oxygen atoms in total. The number of halogens is 2. The second kappa shape index (κ2) is 14.0. The van der Waals surface area contributed by atoms with E-state index in [1.54, 1.807) is 22.3 Å². The van der Waals surface area contributed by atoms with Crippen LogP contribution in [0, 0.1) is 0 Å². The van der Waals surface area contributed by atoms with E-state index in [2.05, 4.69) is 104 Å². The summed E-state index contributed by atoms with van der Waals surface area (Å²) in [6.07, 6.45) is 15.3. The van der Waals surface area contributed by atoms with Crippen LogP contribution in [0.4, 0.5) is 0 Å². The van der Waals surface area contributed by atoms with Crippen molar-refractivity contribution in [3.8, 4) is 11.1 Å². The number of rotatable bonds is 8. The van der Waals surface area contributed by atoms with Crippen molar-refractivity contribution < 1.29 is 45.2 Å². The molecule has 4 heteroatoms. The van der Waals surface area contributed by atoms with E-state index in [9.17, 15) is 0 Å². The van der Waals surface area contributed by atoms with Crippen molar-refractivity contribution in [2.75, 3.05) is 0 Å². The number of unbranched alkanes of at least 4 members (excludes halogenated alkanes) is 2. The van der Waals surface area contributed by atoms with Crippen LogP contribution in [0.3, 0.4) is 0 Å². The first-order valence-electron chi connectivity index (χ1n) is 14.4. The molecule has 0 bridgehead atoms. The molecule has 0 aromatic heterocycles. The van der Waals surface area contributed by atoms with Crippen LogP contribution in [0.15, 0.2) is 51.8 Å². The molecule has 0 unspecified atom stereocenters. The van der Waals surface area contributed by atoms with Gasteiger partial charge in [-0.15, -0.1) is 0 Å². The summed E-state index contributed by atoms with van der Waals surface area (Å²) in [6.45, 7) is 19.2. The maximum Gasteiger partial charge on any atom is -1.00 e. The topological polar surface area (TPSA) is 0 Å². The third kappa shape index (κ3) is 7.26. The molecule has 0 atom stereocenters. The van der Waals surface area contributed by atoms with Crippen LogP contribution in [-0.2, 0) is 37.6 Å². The molecule has 2 aliphatic carbocycles. The average molecular weight is 647 g/mol. The van der Waals surface area contributed by atoms with E-state index in [0.29, 0.717) is 0 Å². The Hall–Kier alpha value is -0.400. The molecule has 0 radical (unpaired) electrons. The van der Waals surface area contributed by atoms with Crippen LogP contribution in [-0.4, -0.2) is 5.43 Å². The molecule has 2 aromatic carbocycles. The van der Waals surface area contributed by atoms with Gasteiger partial charge in [0.05, 0.1) is 0 Å². The fourth-order valence-electron chi connectivity index (χ4n) is 6.01. The Kier molecular flexibility index (Phi) is 12.4. The summed E-state index contributed by atoms with van der Waals surface area (Å²) >= 11 is -2.08. The third-order valence-corrected chi connectivity index (χ3v) is 28.1. The predicted molar refractivity (Wildman–Crippen MR) is 159 cm³/mol. The number of hydrogen-bond donors (Lipinski definition) is 0. The molecule has 0 spiro atoms. The number of allylic oxidation sites excluding steroid dienone is 4. The fraction of sp³-hybridized carbons (Fsp3) is 0.529. The average Bonchev–Trinajstić information content (AvgIpc) is 3.47. The first kappa shape index (κ1) is 33.8. The van der Waals surface area contributed by atoms with Gasteiger partial charge in [0.1, 0.15) is 0 Å². The normalized spacial score (nSPS) is 13.6. The molecule has 0 fully saturated rings. The fourth-order valence-corrected chi connectivity index (χ4v) is 29.5. The van der Waals surface area contributed by atoms with E-state index >= 15 is 0 Å². The molecule has 0 heterocycles. The minimum absolute atomic E-state index is 0. The van der Waals surface area contributed by atoms with E-state index in [0.717, 1.165) is 6.42 Å². The molecule has 0 aliphatic heterocycles. The van der Waals surface area contributed by atoms with E-state index in [1.165, 1.54) is 55.3 Å². The van der Waals surface area contributed by atoms with E-state index in [1.807, 2.05) is 6.55 Å². The zero-order valence-electron chi connectivity index (χ0n) is 25.0. The maximum atomic E-state index is 2.57. The summed E-state index contributed by atoms with van der Waals surface area (Å²) in [6, 6.07) is 15.5. The van der Waals surface area contributed by atoms with Crippen molar-refractivity contribution in [1.82, 2.24) is 0 Å². The molecule has 0 amide bonds. The Bertz CT molecular complexity index is 1210. The summed E-state index contributed by atoms with van der Waals surface area (Å²) in [5.74, 6) is 0. The smallest absolute Gasteiger partial charge is 1.00 e. The second-order valence-electron chi connectivity index (χ2n) is 13.1. The largest absolute Gasteiger partial charge is 1.00 e. The van der Waals surface area contributed by atoms with Gasteiger partial charge < -0.3 is 24.8 Å². The third-order valence-electron chi connectivity index (χ3n) is 8.11. The molecule has 0 saturated carbocycles. The molecule has 0 N–H and O–H groups in total. The zero-order valence-corrected chi connectivity index (χ0v) is 30.0. The quantitative estimate of drug-likeness (QED) is 0.329. The first-order valence-corrected chi connectivity index (χ1v) is 22.5. The van der Waals surface area contributed by atoms with Gasteiger partial charge in [0.2, 0.25) is 0 Å². The van der Waals surface area contributed by atoms with Crippen molar-refractivity contribution >= 4 is 8.70 Å². The Balaban J connectivity index is 0.00000253. The predicted octanol–water partition coefficient (Wildman–Crippen LogP) is 3.54. The minimum Gasteiger partial charge on any atom is -1.00 e. The SMILES string of the molecule is CCCC[Si](CCCC)=[Zr+2]([C]1=CC=CC1)[c]1c(C(C)(C)C)ccc2c1Cc1cc(C(C)(C)C)ccc1-2.[Cl-].[Cl-]. The van der Waals surface area contributed by atoms with Gasteiger partial charge in [0.25, 0.3) is 0 Å². The Morgan fingerprint density at radius 3 is 1.97 bits per heavy atom. The van der Waals surface area contributed by atoms with E-state index in [4.69, 9.17) is 0 Å². The molecule has 38 heavy (non-hydrogen) atoms. The number of fused-ring (bicyclic) bond motifs is 3. The van der Waals surface area contributed by atoms with Crippen LogP contribution in [0.5, 0.6) is 0 Å². The van der Waals surface area contributed by atoms with Gasteiger partial charge >= 0.3 is 231 Å². The molecule has 2 aliphatic rings. The zero-order chi connectivity index (χ0) is 26.1. The molecule has 206 valence electrons. The molecule has 2 aromatic rings. The Morgan fingerprint density at radius 2 is 1.45 bits per heavy atom. The first-order chi connectivity index (χ1) is 17.1. The van der Waals surface area contributed by atoms with Gasteiger partial charge in [0, 0.05) is 0 Å². The summed E-state index contributed by atoms with van der Waals surface area (Å²) in [7, 11) is 0. The molecular formula is C34H48Cl2SiZr. The second-order valence-corrected chi connectivity index (χ2v) is 28.1. The molecular weight excluding hydrogens is 599 g/mol. The number of hydrogen-bond acceptors (Lipinski definition) is 0. The van der Waals surface area contributed by atoms with Crippen molar-refractivity contribution in [1.29, 1.82) is 0 Å². The minimum atomic E-state index is -2.08. The van der Waals surface area contributed by atoms with Crippen LogP contribution in [0.25, 0.3) is 11.1 Å². The monoisotopic (exact) mass is 644 g/mol. The van der Waals surface area contributed by atoms with Gasteiger partial charge in [-0.2, -0.15) is 0 Å². The maximum absolute atomic E-state index is 2.57. The van der Waals surface area contributed by atoms with Crippen LogP contribution in [0.1, 0.15) is 110 Å². The van der Waals surface area contributed by atoms with Gasteiger partial charge in [-0.25, -0.2) is 0 Å². The van der Waals surface area contributed by atoms with E-state index in [-0.39, 0.29) is 41.1 Å². The van der Waals surface area contributed by atoms with Crippen LogP contribution >= 0.6 is 0 Å². The van der Waals surface area contributed by atoms with Gasteiger partial charge in [0.15, 0.2) is 0 Å². The summed E-state index contributed by atoms with van der Waals surface area (Å²) in [4.78, 5) is 0. The Labute approximate surface area is 254 Å². The molecule has 4 rings (SSSR count). The van der Waals surface area contributed by atoms with Gasteiger partial charge in [-0.1, -0.05) is 0 Å². The summed E-state index contributed by atoms with van der Waals surface area (Å²) < 4.78 is 3.82. The van der Waals surface area contributed by atoms with Gasteiger partial charge in [-0.05, 0) is 0 Å². The van der Waals surface area contributed by atoms with Crippen molar-refractivity contribution in [3.05, 3.63) is 74.1 Å². The standard InChI is InChI=1S/C21H25.C8H18Si.C5H5.2ClH.Zr/c1-20(2,3)16-7-9-18-14(12-16)11-15-13-17(21(4,5)6)8-10-19(15)18;1-3-5-7-9-8-6-4-2;1-2-4-5-3-1;;;/h7-10,12H,11H2,1-6H3;3-8H2,1-2H3;1-3H,4H2;2*1H;/q;;;;;+2/p-2. The van der Waals surface area contributed by atoms with Crippen molar-refractivity contribution in [2.24, 2.45) is 0 Å². The van der Waals surface area contributed by atoms with Crippen LogP contribution < -0.4 is 28.1 Å². The van der Waals surface area contributed by atoms with E-state index < -0.39 is 20.4 Å². The van der Waals surface area contributed by atoms with Crippen LogP contribution in [0.2, 0.25) is 12.1 Å². The Morgan fingerprint density at radius 1 is 0.816 bits per heavy atom. The summed E-state index contributed by atoms with van der Waals surface area (Å²) in [5.41, 5.74) is 9.55. The number of benzene rings is 2. The van der Waals surface area contributed by atoms with Crippen molar-refractivity contribution in [3.63, 3.8) is 0 Å². The van der Waals surface area contributed by atoms with Gasteiger partial charge in [-0.3, -0.25) is 0 Å².